The van der Waals surface area contributed by atoms with E-state index in [1.54, 1.807) is 4.90 Å². The summed E-state index contributed by atoms with van der Waals surface area (Å²) in [6, 6.07) is -0.448. The molecule has 3 N–H and O–H groups in total. The Labute approximate surface area is 118 Å². The molecular formula is C13H23N3O4. The van der Waals surface area contributed by atoms with Gasteiger partial charge in [0, 0.05) is 19.1 Å². The molecule has 1 heterocycles. The van der Waals surface area contributed by atoms with E-state index >= 15 is 0 Å². The van der Waals surface area contributed by atoms with E-state index in [1.807, 2.05) is 13.8 Å². The molecule has 0 radical (unpaired) electrons. The quantitative estimate of drug-likeness (QED) is 0.681. The molecular weight excluding hydrogens is 262 g/mol. The minimum absolute atomic E-state index is 0.0512. The molecule has 1 aliphatic heterocycles. The Balaban J connectivity index is 2.37. The number of nitrogens with zero attached hydrogens (tertiary/aromatic N) is 1. The number of hydrogen-bond acceptors (Lipinski definition) is 3. The van der Waals surface area contributed by atoms with E-state index in [0.29, 0.717) is 25.9 Å². The van der Waals surface area contributed by atoms with Gasteiger partial charge in [-0.3, -0.25) is 9.59 Å². The molecule has 0 aromatic heterocycles. The number of carboxylic acids is 1. The number of carbonyl (C=O) groups excluding carboxylic acids is 2. The maximum atomic E-state index is 12.0. The SMILES string of the molecule is CCCNC(=O)CNC(=O)N1CCC(C(=O)O)CC1C. The van der Waals surface area contributed by atoms with E-state index in [-0.39, 0.29) is 30.4 Å². The van der Waals surface area contributed by atoms with Crippen LogP contribution in [0, 0.1) is 5.92 Å². The number of likely N-dealkylation sites (tertiary alicyclic amines) is 1. The van der Waals surface area contributed by atoms with Crippen LogP contribution < -0.4 is 10.6 Å². The number of rotatable bonds is 5. The highest BCUT2D eigenvalue weighted by atomic mass is 16.4. The van der Waals surface area contributed by atoms with Crippen LogP contribution in [0.3, 0.4) is 0 Å². The maximum absolute atomic E-state index is 12.0. The fourth-order valence-corrected chi connectivity index (χ4v) is 2.28. The van der Waals surface area contributed by atoms with Gasteiger partial charge in [-0.1, -0.05) is 6.92 Å². The molecule has 0 spiro atoms. The Bertz CT molecular complexity index is 373. The molecule has 1 aliphatic rings. The third-order valence-corrected chi connectivity index (χ3v) is 3.46. The predicted octanol–water partition coefficient (Wildman–Crippen LogP) is 0.407. The first-order valence-corrected chi connectivity index (χ1v) is 6.99. The van der Waals surface area contributed by atoms with Crippen LogP contribution in [0.4, 0.5) is 4.79 Å². The summed E-state index contributed by atoms with van der Waals surface area (Å²) in [7, 11) is 0. The highest BCUT2D eigenvalue weighted by Crippen LogP contribution is 2.22. The molecule has 2 atom stereocenters. The van der Waals surface area contributed by atoms with Crippen molar-refractivity contribution in [2.75, 3.05) is 19.6 Å². The lowest BCUT2D eigenvalue weighted by molar-refractivity contribution is -0.143. The second kappa shape index (κ2) is 7.72. The van der Waals surface area contributed by atoms with Crippen molar-refractivity contribution < 1.29 is 19.5 Å². The molecule has 3 amide bonds. The van der Waals surface area contributed by atoms with Gasteiger partial charge in [0.1, 0.15) is 0 Å². The molecule has 0 bridgehead atoms. The summed E-state index contributed by atoms with van der Waals surface area (Å²) >= 11 is 0. The van der Waals surface area contributed by atoms with Crippen LogP contribution >= 0.6 is 0 Å². The van der Waals surface area contributed by atoms with E-state index in [2.05, 4.69) is 10.6 Å². The van der Waals surface area contributed by atoms with Crippen molar-refractivity contribution in [1.82, 2.24) is 15.5 Å². The second-order valence-electron chi connectivity index (χ2n) is 5.11. The molecule has 1 saturated heterocycles. The number of amides is 3. The molecule has 2 unspecified atom stereocenters. The summed E-state index contributed by atoms with van der Waals surface area (Å²) < 4.78 is 0. The number of nitrogens with one attached hydrogen (secondary N) is 2. The predicted molar refractivity (Wildman–Crippen MR) is 73.2 cm³/mol. The van der Waals surface area contributed by atoms with Gasteiger partial charge in [0.25, 0.3) is 0 Å². The number of piperidine rings is 1. The standard InChI is InChI=1S/C13H23N3O4/c1-3-5-14-11(17)8-15-13(20)16-6-4-10(12(18)19)7-9(16)2/h9-10H,3-8H2,1-2H3,(H,14,17)(H,15,20)(H,18,19). The Morgan fingerprint density at radius 1 is 1.30 bits per heavy atom. The molecule has 0 aromatic carbocycles. The summed E-state index contributed by atoms with van der Waals surface area (Å²) in [4.78, 5) is 35.9. The van der Waals surface area contributed by atoms with Gasteiger partial charge < -0.3 is 20.6 Å². The monoisotopic (exact) mass is 285 g/mol. The molecule has 1 fully saturated rings. The van der Waals surface area contributed by atoms with Gasteiger partial charge in [0.15, 0.2) is 0 Å². The Kier molecular flexibility index (Phi) is 6.27. The van der Waals surface area contributed by atoms with E-state index in [1.165, 1.54) is 0 Å². The number of aliphatic carboxylic acids is 1. The topological polar surface area (TPSA) is 98.7 Å². The van der Waals surface area contributed by atoms with Crippen LogP contribution in [0.2, 0.25) is 0 Å². The van der Waals surface area contributed by atoms with Gasteiger partial charge in [0.2, 0.25) is 5.91 Å². The molecule has 20 heavy (non-hydrogen) atoms. The van der Waals surface area contributed by atoms with Gasteiger partial charge in [-0.15, -0.1) is 0 Å². The fourth-order valence-electron chi connectivity index (χ4n) is 2.28. The van der Waals surface area contributed by atoms with Crippen LogP contribution in [0.1, 0.15) is 33.1 Å². The van der Waals surface area contributed by atoms with Crippen LogP contribution in [0.15, 0.2) is 0 Å². The molecule has 1 rings (SSSR count). The molecule has 7 nitrogen and oxygen atoms in total. The van der Waals surface area contributed by atoms with Gasteiger partial charge in [-0.2, -0.15) is 0 Å². The number of carbonyl (C=O) groups is 3. The zero-order valence-corrected chi connectivity index (χ0v) is 12.0. The first-order valence-electron chi connectivity index (χ1n) is 6.99. The largest absolute Gasteiger partial charge is 0.481 e. The summed E-state index contributed by atoms with van der Waals surface area (Å²) in [5.74, 6) is -1.41. The first kappa shape index (κ1) is 16.3. The van der Waals surface area contributed by atoms with Crippen LogP contribution in [-0.4, -0.2) is 53.6 Å². The second-order valence-corrected chi connectivity index (χ2v) is 5.11. The number of carboxylic acid groups (broad SMARTS) is 1. The molecule has 114 valence electrons. The Morgan fingerprint density at radius 2 is 2.00 bits per heavy atom. The van der Waals surface area contributed by atoms with Gasteiger partial charge in [-0.05, 0) is 26.2 Å². The first-order chi connectivity index (χ1) is 9.45. The van der Waals surface area contributed by atoms with Crippen molar-refractivity contribution in [3.05, 3.63) is 0 Å². The third kappa shape index (κ3) is 4.71. The highest BCUT2D eigenvalue weighted by Gasteiger charge is 2.32. The van der Waals surface area contributed by atoms with Gasteiger partial charge >= 0.3 is 12.0 Å². The number of hydrogen-bond donors (Lipinski definition) is 3. The number of urea groups is 1. The van der Waals surface area contributed by atoms with Crippen molar-refractivity contribution in [2.24, 2.45) is 5.92 Å². The van der Waals surface area contributed by atoms with Crippen molar-refractivity contribution >= 4 is 17.9 Å². The Hall–Kier alpha value is -1.79. The summed E-state index contributed by atoms with van der Waals surface area (Å²) in [6.07, 6.45) is 1.75. The van der Waals surface area contributed by atoms with E-state index < -0.39 is 5.97 Å². The van der Waals surface area contributed by atoms with Gasteiger partial charge in [0.05, 0.1) is 12.5 Å². The molecule has 0 aromatic rings. The third-order valence-electron chi connectivity index (χ3n) is 3.46. The zero-order chi connectivity index (χ0) is 15.1. The van der Waals surface area contributed by atoms with Crippen molar-refractivity contribution in [3.8, 4) is 0 Å². The fraction of sp³-hybridized carbons (Fsp3) is 0.769. The average molecular weight is 285 g/mol. The summed E-state index contributed by atoms with van der Waals surface area (Å²) in [5, 5.41) is 14.2. The van der Waals surface area contributed by atoms with Crippen molar-refractivity contribution in [1.29, 1.82) is 0 Å². The lowest BCUT2D eigenvalue weighted by atomic mass is 9.92. The lowest BCUT2D eigenvalue weighted by Crippen LogP contribution is -2.51. The average Bonchev–Trinajstić information content (AvgIpc) is 2.42. The smallest absolute Gasteiger partial charge is 0.318 e. The van der Waals surface area contributed by atoms with Crippen molar-refractivity contribution in [3.63, 3.8) is 0 Å². The van der Waals surface area contributed by atoms with Gasteiger partial charge in [-0.25, -0.2) is 4.79 Å². The van der Waals surface area contributed by atoms with E-state index in [4.69, 9.17) is 5.11 Å². The molecule has 0 aliphatic carbocycles. The maximum Gasteiger partial charge on any atom is 0.318 e. The van der Waals surface area contributed by atoms with Crippen LogP contribution in [0.25, 0.3) is 0 Å². The summed E-state index contributed by atoms with van der Waals surface area (Å²) in [5.41, 5.74) is 0. The summed E-state index contributed by atoms with van der Waals surface area (Å²) in [6.45, 7) is 4.72. The van der Waals surface area contributed by atoms with E-state index in [9.17, 15) is 14.4 Å². The van der Waals surface area contributed by atoms with E-state index in [0.717, 1.165) is 6.42 Å². The normalized spacial score (nSPS) is 22.2. The van der Waals surface area contributed by atoms with Crippen molar-refractivity contribution in [2.45, 2.75) is 39.2 Å². The highest BCUT2D eigenvalue weighted by molar-refractivity contribution is 5.84. The molecule has 7 heteroatoms. The minimum atomic E-state index is -0.809. The zero-order valence-electron chi connectivity index (χ0n) is 12.0. The van der Waals surface area contributed by atoms with Crippen LogP contribution in [-0.2, 0) is 9.59 Å². The minimum Gasteiger partial charge on any atom is -0.481 e. The van der Waals surface area contributed by atoms with Crippen LogP contribution in [0.5, 0.6) is 0 Å². The molecule has 0 saturated carbocycles. The lowest BCUT2D eigenvalue weighted by Gasteiger charge is -2.36. The Morgan fingerprint density at radius 3 is 2.55 bits per heavy atom.